The van der Waals surface area contributed by atoms with Crippen LogP contribution in [0.25, 0.3) is 0 Å². The van der Waals surface area contributed by atoms with E-state index >= 15 is 0 Å². The maximum absolute atomic E-state index is 12.4. The summed E-state index contributed by atoms with van der Waals surface area (Å²) in [6.45, 7) is 3.45. The number of nitrogens with zero attached hydrogens (tertiary/aromatic N) is 4. The summed E-state index contributed by atoms with van der Waals surface area (Å²) in [5.41, 5.74) is 0.644. The van der Waals surface area contributed by atoms with E-state index in [-0.39, 0.29) is 11.8 Å². The smallest absolute Gasteiger partial charge is 0.229 e. The molecule has 0 bridgehead atoms. The van der Waals surface area contributed by atoms with Gasteiger partial charge in [-0.25, -0.2) is 15.0 Å². The topological polar surface area (TPSA) is 71.0 Å². The summed E-state index contributed by atoms with van der Waals surface area (Å²) in [6.07, 6.45) is 6.93. The van der Waals surface area contributed by atoms with E-state index in [9.17, 15) is 4.79 Å². The molecule has 1 aliphatic heterocycles. The SMILES string of the molecule is Cc1ncc(NC(=O)C2CCCN(c3ccccn3)C2)cn1. The third kappa shape index (κ3) is 3.39. The Morgan fingerprint density at radius 1 is 1.27 bits per heavy atom. The summed E-state index contributed by atoms with van der Waals surface area (Å²) < 4.78 is 0. The fraction of sp³-hybridized carbons (Fsp3) is 0.375. The monoisotopic (exact) mass is 297 g/mol. The van der Waals surface area contributed by atoms with Gasteiger partial charge in [-0.2, -0.15) is 0 Å². The van der Waals surface area contributed by atoms with Crippen molar-refractivity contribution < 1.29 is 4.79 Å². The highest BCUT2D eigenvalue weighted by Gasteiger charge is 2.26. The molecule has 1 fully saturated rings. The van der Waals surface area contributed by atoms with Gasteiger partial charge in [0.25, 0.3) is 0 Å². The van der Waals surface area contributed by atoms with Gasteiger partial charge < -0.3 is 10.2 Å². The summed E-state index contributed by atoms with van der Waals surface area (Å²) in [6, 6.07) is 5.85. The predicted octanol–water partition coefficient (Wildman–Crippen LogP) is 2.04. The zero-order valence-corrected chi connectivity index (χ0v) is 12.6. The third-order valence-electron chi connectivity index (χ3n) is 3.81. The second kappa shape index (κ2) is 6.51. The van der Waals surface area contributed by atoms with Gasteiger partial charge in [-0.05, 0) is 31.9 Å². The average molecular weight is 297 g/mol. The largest absolute Gasteiger partial charge is 0.356 e. The Balaban J connectivity index is 1.64. The summed E-state index contributed by atoms with van der Waals surface area (Å²) in [4.78, 5) is 27.1. The lowest BCUT2D eigenvalue weighted by Gasteiger charge is -2.32. The van der Waals surface area contributed by atoms with E-state index in [0.717, 1.165) is 25.2 Å². The zero-order valence-electron chi connectivity index (χ0n) is 12.6. The first kappa shape index (κ1) is 14.4. The highest BCUT2D eigenvalue weighted by molar-refractivity contribution is 5.92. The van der Waals surface area contributed by atoms with Crippen LogP contribution in [-0.4, -0.2) is 33.9 Å². The molecule has 0 aliphatic carbocycles. The minimum atomic E-state index is -0.0444. The Bertz CT molecular complexity index is 629. The van der Waals surface area contributed by atoms with Crippen molar-refractivity contribution in [3.05, 3.63) is 42.6 Å². The quantitative estimate of drug-likeness (QED) is 0.938. The molecule has 1 amide bonds. The first-order valence-corrected chi connectivity index (χ1v) is 7.48. The third-order valence-corrected chi connectivity index (χ3v) is 3.81. The summed E-state index contributed by atoms with van der Waals surface area (Å²) >= 11 is 0. The van der Waals surface area contributed by atoms with Gasteiger partial charge in [0.1, 0.15) is 11.6 Å². The van der Waals surface area contributed by atoms with Crippen LogP contribution in [0.2, 0.25) is 0 Å². The van der Waals surface area contributed by atoms with Gasteiger partial charge >= 0.3 is 0 Å². The average Bonchev–Trinajstić information content (AvgIpc) is 2.58. The van der Waals surface area contributed by atoms with Crippen LogP contribution >= 0.6 is 0 Å². The van der Waals surface area contributed by atoms with E-state index < -0.39 is 0 Å². The van der Waals surface area contributed by atoms with Crippen molar-refractivity contribution in [2.75, 3.05) is 23.3 Å². The molecule has 114 valence electrons. The van der Waals surface area contributed by atoms with Crippen LogP contribution in [0.1, 0.15) is 18.7 Å². The van der Waals surface area contributed by atoms with Crippen LogP contribution in [0.4, 0.5) is 11.5 Å². The van der Waals surface area contributed by atoms with E-state index in [0.29, 0.717) is 18.1 Å². The molecular weight excluding hydrogens is 278 g/mol. The van der Waals surface area contributed by atoms with E-state index in [1.807, 2.05) is 25.1 Å². The summed E-state index contributed by atoms with van der Waals surface area (Å²) in [7, 11) is 0. The number of aromatic nitrogens is 3. The first-order valence-electron chi connectivity index (χ1n) is 7.48. The molecule has 1 N–H and O–H groups in total. The summed E-state index contributed by atoms with van der Waals surface area (Å²) in [5.74, 6) is 1.60. The van der Waals surface area contributed by atoms with Crippen molar-refractivity contribution >= 4 is 17.4 Å². The Kier molecular flexibility index (Phi) is 4.27. The zero-order chi connectivity index (χ0) is 15.4. The number of piperidine rings is 1. The van der Waals surface area contributed by atoms with Crippen molar-refractivity contribution in [3.8, 4) is 0 Å². The highest BCUT2D eigenvalue weighted by atomic mass is 16.1. The van der Waals surface area contributed by atoms with Crippen LogP contribution in [0.5, 0.6) is 0 Å². The number of aryl methyl sites for hydroxylation is 1. The van der Waals surface area contributed by atoms with Crippen molar-refractivity contribution in [2.45, 2.75) is 19.8 Å². The minimum Gasteiger partial charge on any atom is -0.356 e. The number of hydrogen-bond acceptors (Lipinski definition) is 5. The molecule has 0 saturated carbocycles. The number of rotatable bonds is 3. The molecule has 6 heteroatoms. The predicted molar refractivity (Wildman–Crippen MR) is 84.6 cm³/mol. The molecule has 0 aromatic carbocycles. The standard InChI is InChI=1S/C16H19N5O/c1-12-18-9-14(10-19-12)20-16(22)13-5-4-8-21(11-13)15-6-2-3-7-17-15/h2-3,6-7,9-10,13H,4-5,8,11H2,1H3,(H,20,22). The molecule has 3 heterocycles. The molecule has 0 spiro atoms. The number of amides is 1. The Morgan fingerprint density at radius 3 is 2.82 bits per heavy atom. The van der Waals surface area contributed by atoms with Gasteiger partial charge in [-0.3, -0.25) is 4.79 Å². The number of pyridine rings is 1. The molecule has 1 unspecified atom stereocenters. The number of nitrogens with one attached hydrogen (secondary N) is 1. The first-order chi connectivity index (χ1) is 10.7. The lowest BCUT2D eigenvalue weighted by molar-refractivity contribution is -0.120. The number of carbonyl (C=O) groups excluding carboxylic acids is 1. The van der Waals surface area contributed by atoms with Gasteiger partial charge in [0.2, 0.25) is 5.91 Å². The minimum absolute atomic E-state index is 0.0214. The second-order valence-electron chi connectivity index (χ2n) is 5.48. The van der Waals surface area contributed by atoms with Crippen LogP contribution < -0.4 is 10.2 Å². The normalized spacial score (nSPS) is 18.0. The maximum Gasteiger partial charge on any atom is 0.229 e. The van der Waals surface area contributed by atoms with E-state index in [1.165, 1.54) is 0 Å². The van der Waals surface area contributed by atoms with Gasteiger partial charge in [0.15, 0.2) is 0 Å². The molecule has 1 saturated heterocycles. The molecule has 2 aromatic heterocycles. The van der Waals surface area contributed by atoms with E-state index in [4.69, 9.17) is 0 Å². The molecule has 2 aromatic rings. The second-order valence-corrected chi connectivity index (χ2v) is 5.48. The van der Waals surface area contributed by atoms with Crippen LogP contribution in [0.3, 0.4) is 0 Å². The van der Waals surface area contributed by atoms with E-state index in [2.05, 4.69) is 25.2 Å². The number of hydrogen-bond donors (Lipinski definition) is 1. The van der Waals surface area contributed by atoms with Crippen LogP contribution in [-0.2, 0) is 4.79 Å². The van der Waals surface area contributed by atoms with Crippen molar-refractivity contribution in [1.29, 1.82) is 0 Å². The van der Waals surface area contributed by atoms with Crippen molar-refractivity contribution in [2.24, 2.45) is 5.92 Å². The molecule has 6 nitrogen and oxygen atoms in total. The molecule has 1 aliphatic rings. The number of anilines is 2. The van der Waals surface area contributed by atoms with Crippen molar-refractivity contribution in [1.82, 2.24) is 15.0 Å². The molecule has 0 radical (unpaired) electrons. The maximum atomic E-state index is 12.4. The van der Waals surface area contributed by atoms with Crippen LogP contribution in [0.15, 0.2) is 36.8 Å². The van der Waals surface area contributed by atoms with E-state index in [1.54, 1.807) is 18.6 Å². The van der Waals surface area contributed by atoms with Gasteiger partial charge in [-0.15, -0.1) is 0 Å². The van der Waals surface area contributed by atoms with Gasteiger partial charge in [0, 0.05) is 19.3 Å². The lowest BCUT2D eigenvalue weighted by Crippen LogP contribution is -2.41. The Labute approximate surface area is 129 Å². The van der Waals surface area contributed by atoms with Gasteiger partial charge in [-0.1, -0.05) is 6.07 Å². The Hall–Kier alpha value is -2.50. The summed E-state index contributed by atoms with van der Waals surface area (Å²) in [5, 5.41) is 2.90. The fourth-order valence-electron chi connectivity index (χ4n) is 2.64. The number of carbonyl (C=O) groups is 1. The molecule has 1 atom stereocenters. The Morgan fingerprint density at radius 2 is 2.09 bits per heavy atom. The fourth-order valence-corrected chi connectivity index (χ4v) is 2.64. The lowest BCUT2D eigenvalue weighted by atomic mass is 9.97. The molecule has 22 heavy (non-hydrogen) atoms. The van der Waals surface area contributed by atoms with Crippen LogP contribution in [0, 0.1) is 12.8 Å². The molecule has 3 rings (SSSR count). The van der Waals surface area contributed by atoms with Gasteiger partial charge in [0.05, 0.1) is 24.0 Å². The highest BCUT2D eigenvalue weighted by Crippen LogP contribution is 2.22. The van der Waals surface area contributed by atoms with Crippen molar-refractivity contribution in [3.63, 3.8) is 0 Å². The molecular formula is C16H19N5O.